The Bertz CT molecular complexity index is 1070. The number of aryl methyl sites for hydroxylation is 1. The van der Waals surface area contributed by atoms with Crippen molar-refractivity contribution in [2.75, 3.05) is 0 Å². The van der Waals surface area contributed by atoms with Gasteiger partial charge in [0.05, 0.1) is 0 Å². The van der Waals surface area contributed by atoms with Crippen molar-refractivity contribution in [3.05, 3.63) is 125 Å². The first-order chi connectivity index (χ1) is 14.6. The fraction of sp³-hybridized carbons (Fsp3) is 0.111. The quantitative estimate of drug-likeness (QED) is 0.240. The molecule has 0 aliphatic heterocycles. The average molecular weight is 538 g/mol. The van der Waals surface area contributed by atoms with E-state index in [4.69, 9.17) is 0 Å². The first kappa shape index (κ1) is 20.2. The Morgan fingerprint density at radius 1 is 0.633 bits per heavy atom. The number of benzene rings is 4. The van der Waals surface area contributed by atoms with Crippen LogP contribution in [-0.4, -0.2) is 0 Å². The SMILES string of the molecule is Brc1ccc2c(c1)C(P(Br)(c1ccccc1)(c1ccccc1)c1ccccc1)CC2. The van der Waals surface area contributed by atoms with Crippen molar-refractivity contribution in [1.82, 2.24) is 0 Å². The first-order valence-corrected chi connectivity index (χ1v) is 15.4. The van der Waals surface area contributed by atoms with Crippen LogP contribution in [0, 0.1) is 0 Å². The number of hydrogen-bond acceptors (Lipinski definition) is 0. The first-order valence-electron chi connectivity index (χ1n) is 10.3. The molecule has 0 nitrogen and oxygen atoms in total. The predicted octanol–water partition coefficient (Wildman–Crippen LogP) is 7.28. The summed E-state index contributed by atoms with van der Waals surface area (Å²) in [6.45, 7) is 0. The fourth-order valence-corrected chi connectivity index (χ4v) is 14.6. The second-order valence-electron chi connectivity index (χ2n) is 7.98. The van der Waals surface area contributed by atoms with Gasteiger partial charge in [-0.2, -0.15) is 0 Å². The zero-order valence-corrected chi connectivity index (χ0v) is 20.7. The molecule has 1 unspecified atom stereocenters. The Labute approximate surface area is 195 Å². The van der Waals surface area contributed by atoms with Crippen LogP contribution in [0.15, 0.2) is 114 Å². The van der Waals surface area contributed by atoms with Gasteiger partial charge in [-0.15, -0.1) is 0 Å². The molecule has 0 fully saturated rings. The van der Waals surface area contributed by atoms with Crippen LogP contribution in [0.1, 0.15) is 23.2 Å². The van der Waals surface area contributed by atoms with Crippen molar-refractivity contribution in [2.24, 2.45) is 0 Å². The molecule has 0 saturated heterocycles. The summed E-state index contributed by atoms with van der Waals surface area (Å²) in [6, 6.07) is 40.2. The molecule has 0 bridgehead atoms. The molecular formula is C27H23Br2P. The van der Waals surface area contributed by atoms with Gasteiger partial charge < -0.3 is 0 Å². The zero-order chi connectivity index (χ0) is 20.6. The molecule has 3 heteroatoms. The van der Waals surface area contributed by atoms with Crippen LogP contribution in [0.5, 0.6) is 0 Å². The third-order valence-electron chi connectivity index (χ3n) is 6.52. The second kappa shape index (κ2) is 7.75. The topological polar surface area (TPSA) is 0 Å². The van der Waals surface area contributed by atoms with E-state index in [-0.39, 0.29) is 0 Å². The van der Waals surface area contributed by atoms with Gasteiger partial charge in [-0.25, -0.2) is 0 Å². The third kappa shape index (κ3) is 2.88. The number of halogens is 2. The Morgan fingerprint density at radius 3 is 1.57 bits per heavy atom. The second-order valence-corrected chi connectivity index (χ2v) is 17.6. The van der Waals surface area contributed by atoms with Gasteiger partial charge in [0, 0.05) is 0 Å². The van der Waals surface area contributed by atoms with Gasteiger partial charge in [-0.1, -0.05) is 0 Å². The Hall–Kier alpha value is -1.73. The van der Waals surface area contributed by atoms with E-state index in [1.165, 1.54) is 27.0 Å². The van der Waals surface area contributed by atoms with Crippen molar-refractivity contribution in [1.29, 1.82) is 0 Å². The molecule has 5 rings (SSSR count). The number of rotatable bonds is 4. The molecule has 4 aromatic carbocycles. The van der Waals surface area contributed by atoms with Crippen LogP contribution in [-0.2, 0) is 6.42 Å². The van der Waals surface area contributed by atoms with Crippen molar-refractivity contribution < 1.29 is 0 Å². The molecule has 0 saturated carbocycles. The van der Waals surface area contributed by atoms with Gasteiger partial charge in [-0.3, -0.25) is 0 Å². The Kier molecular flexibility index (Phi) is 5.22. The Balaban J connectivity index is 1.94. The van der Waals surface area contributed by atoms with E-state index in [0.717, 1.165) is 17.3 Å². The van der Waals surface area contributed by atoms with E-state index in [1.54, 1.807) is 0 Å². The van der Waals surface area contributed by atoms with Crippen LogP contribution in [0.25, 0.3) is 0 Å². The molecule has 4 aromatic rings. The minimum absolute atomic E-state index is 0.371. The fourth-order valence-electron chi connectivity index (χ4n) is 5.20. The van der Waals surface area contributed by atoms with Crippen molar-refractivity contribution in [3.63, 3.8) is 0 Å². The summed E-state index contributed by atoms with van der Waals surface area (Å²) in [5.74, 6) is 0. The molecule has 1 aliphatic rings. The van der Waals surface area contributed by atoms with Crippen LogP contribution in [0.3, 0.4) is 0 Å². The molecule has 0 amide bonds. The van der Waals surface area contributed by atoms with Crippen LogP contribution in [0.2, 0.25) is 0 Å². The molecule has 0 spiro atoms. The molecule has 0 radical (unpaired) electrons. The zero-order valence-electron chi connectivity index (χ0n) is 16.6. The van der Waals surface area contributed by atoms with E-state index in [9.17, 15) is 0 Å². The molecule has 1 aliphatic carbocycles. The van der Waals surface area contributed by atoms with Gasteiger partial charge in [0.1, 0.15) is 0 Å². The predicted molar refractivity (Wildman–Crippen MR) is 139 cm³/mol. The van der Waals surface area contributed by atoms with Crippen LogP contribution < -0.4 is 15.9 Å². The summed E-state index contributed by atoms with van der Waals surface area (Å²) in [5, 5.41) is 1.17. The van der Waals surface area contributed by atoms with E-state index in [1.807, 2.05) is 0 Å². The summed E-state index contributed by atoms with van der Waals surface area (Å²) in [7, 11) is 0. The maximum absolute atomic E-state index is 4.65. The minimum atomic E-state index is -3.00. The molecular weight excluding hydrogens is 515 g/mol. The van der Waals surface area contributed by atoms with Crippen molar-refractivity contribution >= 4 is 52.6 Å². The standard InChI is InChI=1S/C27H23Br2P/c28-22-18-16-21-17-19-27(26(21)20-22)30(29,23-10-4-1-5-11-23,24-12-6-2-7-13-24)25-14-8-3-9-15-25/h1-16,18,20,27H,17,19H2. The number of hydrogen-bond donors (Lipinski definition) is 0. The summed E-state index contributed by atoms with van der Waals surface area (Å²) in [5.41, 5.74) is 3.31. The van der Waals surface area contributed by atoms with E-state index < -0.39 is 5.31 Å². The van der Waals surface area contributed by atoms with Gasteiger partial charge >= 0.3 is 196 Å². The van der Waals surface area contributed by atoms with E-state index in [2.05, 4.69) is 141 Å². The molecule has 0 N–H and O–H groups in total. The van der Waals surface area contributed by atoms with Crippen LogP contribution >= 0.6 is 36.7 Å². The molecule has 0 heterocycles. The monoisotopic (exact) mass is 536 g/mol. The van der Waals surface area contributed by atoms with Crippen molar-refractivity contribution in [3.8, 4) is 0 Å². The van der Waals surface area contributed by atoms with Gasteiger partial charge in [0.15, 0.2) is 0 Å². The Morgan fingerprint density at radius 2 is 1.10 bits per heavy atom. The third-order valence-corrected chi connectivity index (χ3v) is 17.8. The summed E-state index contributed by atoms with van der Waals surface area (Å²) in [6.07, 6.45) is 2.25. The van der Waals surface area contributed by atoms with Crippen LogP contribution in [0.4, 0.5) is 0 Å². The van der Waals surface area contributed by atoms with E-state index in [0.29, 0.717) is 5.66 Å². The summed E-state index contributed by atoms with van der Waals surface area (Å²) in [4.78, 5) is 0. The summed E-state index contributed by atoms with van der Waals surface area (Å²) < 4.78 is 1.15. The number of fused-ring (bicyclic) bond motifs is 1. The molecule has 150 valence electrons. The molecule has 1 atom stereocenters. The maximum atomic E-state index is 4.65. The average Bonchev–Trinajstić information content (AvgIpc) is 3.24. The molecule has 0 aromatic heterocycles. The van der Waals surface area contributed by atoms with Gasteiger partial charge in [0.2, 0.25) is 0 Å². The summed E-state index contributed by atoms with van der Waals surface area (Å²) >= 11 is 8.40. The van der Waals surface area contributed by atoms with Gasteiger partial charge in [0.25, 0.3) is 0 Å². The normalized spacial score (nSPS) is 17.1. The van der Waals surface area contributed by atoms with Crippen molar-refractivity contribution in [2.45, 2.75) is 18.5 Å². The molecule has 30 heavy (non-hydrogen) atoms. The van der Waals surface area contributed by atoms with Gasteiger partial charge in [-0.05, 0) is 0 Å². The van der Waals surface area contributed by atoms with E-state index >= 15 is 0 Å².